The molecule has 0 aliphatic heterocycles. The molecule has 0 atom stereocenters. The van der Waals surface area contributed by atoms with E-state index in [0.717, 1.165) is 4.90 Å². The summed E-state index contributed by atoms with van der Waals surface area (Å²) in [6.45, 7) is -1.28. The standard InChI is InChI=1S/C11H11BrClF2NO2/c12-8-3-1-2-7(10(8)13)11(18)16(4-5-17)6-9(14)15/h1-3,9,17H,4-6H2. The van der Waals surface area contributed by atoms with Gasteiger partial charge in [0, 0.05) is 11.0 Å². The van der Waals surface area contributed by atoms with Crippen LogP contribution in [0.2, 0.25) is 5.02 Å². The van der Waals surface area contributed by atoms with Gasteiger partial charge in [-0.15, -0.1) is 0 Å². The van der Waals surface area contributed by atoms with E-state index in [1.54, 1.807) is 12.1 Å². The van der Waals surface area contributed by atoms with Crippen molar-refractivity contribution in [1.82, 2.24) is 4.90 Å². The maximum Gasteiger partial charge on any atom is 0.255 e. The molecule has 0 aliphatic rings. The fraction of sp³-hybridized carbons (Fsp3) is 0.364. The predicted octanol–water partition coefficient (Wildman–Crippen LogP) is 2.80. The maximum absolute atomic E-state index is 12.3. The van der Waals surface area contributed by atoms with Crippen molar-refractivity contribution in [3.8, 4) is 0 Å². The monoisotopic (exact) mass is 341 g/mol. The minimum Gasteiger partial charge on any atom is -0.395 e. The highest BCUT2D eigenvalue weighted by Crippen LogP contribution is 2.27. The van der Waals surface area contributed by atoms with E-state index < -0.39 is 18.9 Å². The fourth-order valence-electron chi connectivity index (χ4n) is 1.40. The number of alkyl halides is 2. The van der Waals surface area contributed by atoms with Gasteiger partial charge in [-0.05, 0) is 28.1 Å². The first-order valence-corrected chi connectivity index (χ1v) is 6.26. The second-order valence-electron chi connectivity index (χ2n) is 3.47. The van der Waals surface area contributed by atoms with Crippen LogP contribution in [0.15, 0.2) is 22.7 Å². The van der Waals surface area contributed by atoms with Gasteiger partial charge in [0.05, 0.1) is 23.7 Å². The van der Waals surface area contributed by atoms with Crippen LogP contribution in [0.5, 0.6) is 0 Å². The van der Waals surface area contributed by atoms with Gasteiger partial charge >= 0.3 is 0 Å². The number of carbonyl (C=O) groups is 1. The smallest absolute Gasteiger partial charge is 0.255 e. The topological polar surface area (TPSA) is 40.5 Å². The van der Waals surface area contributed by atoms with Crippen LogP contribution in [0.25, 0.3) is 0 Å². The lowest BCUT2D eigenvalue weighted by atomic mass is 10.2. The minimum atomic E-state index is -2.66. The van der Waals surface area contributed by atoms with Gasteiger partial charge in [-0.25, -0.2) is 8.78 Å². The summed E-state index contributed by atoms with van der Waals surface area (Å²) in [5.41, 5.74) is 0.125. The molecule has 0 fully saturated rings. The first-order valence-electron chi connectivity index (χ1n) is 5.09. The molecule has 1 N–H and O–H groups in total. The summed E-state index contributed by atoms with van der Waals surface area (Å²) in [5, 5.41) is 8.95. The Balaban J connectivity index is 2.98. The predicted molar refractivity (Wildman–Crippen MR) is 68.1 cm³/mol. The second kappa shape index (κ2) is 7.01. The van der Waals surface area contributed by atoms with Crippen molar-refractivity contribution in [2.45, 2.75) is 6.43 Å². The molecule has 1 rings (SSSR count). The number of amides is 1. The molecular weight excluding hydrogens is 331 g/mol. The van der Waals surface area contributed by atoms with Crippen molar-refractivity contribution >= 4 is 33.4 Å². The summed E-state index contributed by atoms with van der Waals surface area (Å²) in [4.78, 5) is 12.9. The van der Waals surface area contributed by atoms with Crippen molar-refractivity contribution in [3.63, 3.8) is 0 Å². The summed E-state index contributed by atoms with van der Waals surface area (Å²) >= 11 is 9.08. The first kappa shape index (κ1) is 15.3. The zero-order valence-corrected chi connectivity index (χ0v) is 11.6. The molecule has 3 nitrogen and oxygen atoms in total. The Hall–Kier alpha value is -0.720. The van der Waals surface area contributed by atoms with Gasteiger partial charge < -0.3 is 10.0 Å². The van der Waals surface area contributed by atoms with Crippen LogP contribution >= 0.6 is 27.5 Å². The molecule has 0 radical (unpaired) electrons. The number of carbonyl (C=O) groups excluding carboxylic acids is 1. The van der Waals surface area contributed by atoms with Crippen LogP contribution in [-0.4, -0.2) is 42.0 Å². The lowest BCUT2D eigenvalue weighted by molar-refractivity contribution is 0.0509. The van der Waals surface area contributed by atoms with E-state index in [9.17, 15) is 13.6 Å². The highest BCUT2D eigenvalue weighted by molar-refractivity contribution is 9.10. The van der Waals surface area contributed by atoms with Gasteiger partial charge in [-0.2, -0.15) is 0 Å². The van der Waals surface area contributed by atoms with Crippen LogP contribution in [-0.2, 0) is 0 Å². The zero-order valence-electron chi connectivity index (χ0n) is 9.25. The van der Waals surface area contributed by atoms with Crippen molar-refractivity contribution in [2.24, 2.45) is 0 Å². The highest BCUT2D eigenvalue weighted by Gasteiger charge is 2.21. The van der Waals surface area contributed by atoms with E-state index >= 15 is 0 Å². The van der Waals surface area contributed by atoms with Crippen molar-refractivity contribution in [2.75, 3.05) is 19.7 Å². The number of benzene rings is 1. The number of rotatable bonds is 5. The quantitative estimate of drug-likeness (QED) is 0.894. The second-order valence-corrected chi connectivity index (χ2v) is 4.70. The zero-order chi connectivity index (χ0) is 13.7. The van der Waals surface area contributed by atoms with E-state index in [1.807, 2.05) is 0 Å². The van der Waals surface area contributed by atoms with Crippen LogP contribution in [0.4, 0.5) is 8.78 Å². The normalized spacial score (nSPS) is 10.8. The van der Waals surface area contributed by atoms with Crippen molar-refractivity contribution in [1.29, 1.82) is 0 Å². The average Bonchev–Trinajstić information content (AvgIpc) is 2.31. The van der Waals surface area contributed by atoms with E-state index in [2.05, 4.69) is 15.9 Å². The number of nitrogens with zero attached hydrogens (tertiary/aromatic N) is 1. The lowest BCUT2D eigenvalue weighted by Crippen LogP contribution is -2.37. The molecule has 0 saturated heterocycles. The Morgan fingerprint density at radius 2 is 2.17 bits per heavy atom. The summed E-state index contributed by atoms with van der Waals surface area (Å²) in [5.74, 6) is -0.629. The molecule has 1 aromatic carbocycles. The number of hydrogen-bond donors (Lipinski definition) is 1. The maximum atomic E-state index is 12.3. The van der Waals surface area contributed by atoms with Crippen LogP contribution in [0.1, 0.15) is 10.4 Å². The summed E-state index contributed by atoms with van der Waals surface area (Å²) in [6.07, 6.45) is -2.66. The molecule has 0 heterocycles. The van der Waals surface area contributed by atoms with E-state index in [1.165, 1.54) is 6.07 Å². The van der Waals surface area contributed by atoms with Gasteiger partial charge in [0.15, 0.2) is 0 Å². The average molecular weight is 343 g/mol. The Kier molecular flexibility index (Phi) is 5.98. The van der Waals surface area contributed by atoms with Crippen molar-refractivity contribution in [3.05, 3.63) is 33.3 Å². The molecule has 0 aliphatic carbocycles. The molecule has 1 aromatic rings. The van der Waals surface area contributed by atoms with Gasteiger partial charge in [-0.1, -0.05) is 17.7 Å². The van der Waals surface area contributed by atoms with Gasteiger partial charge in [0.1, 0.15) is 0 Å². The Bertz CT molecular complexity index is 432. The Morgan fingerprint density at radius 3 is 2.72 bits per heavy atom. The van der Waals surface area contributed by atoms with E-state index in [0.29, 0.717) is 4.47 Å². The third-order valence-corrected chi connectivity index (χ3v) is 3.49. The van der Waals surface area contributed by atoms with E-state index in [-0.39, 0.29) is 23.7 Å². The van der Waals surface area contributed by atoms with E-state index in [4.69, 9.17) is 16.7 Å². The number of hydrogen-bond acceptors (Lipinski definition) is 2. The molecule has 100 valence electrons. The molecule has 0 saturated carbocycles. The number of halogens is 4. The van der Waals surface area contributed by atoms with Crippen molar-refractivity contribution < 1.29 is 18.7 Å². The summed E-state index contributed by atoms with van der Waals surface area (Å²) < 4.78 is 25.2. The highest BCUT2D eigenvalue weighted by atomic mass is 79.9. The molecule has 7 heteroatoms. The molecule has 0 spiro atoms. The lowest BCUT2D eigenvalue weighted by Gasteiger charge is -2.22. The third-order valence-electron chi connectivity index (χ3n) is 2.20. The van der Waals surface area contributed by atoms with Gasteiger partial charge in [-0.3, -0.25) is 4.79 Å². The molecular formula is C11H11BrClF2NO2. The van der Waals surface area contributed by atoms with Gasteiger partial charge in [0.25, 0.3) is 12.3 Å². The SMILES string of the molecule is O=C(c1cccc(Br)c1Cl)N(CCO)CC(F)F. The molecule has 1 amide bonds. The van der Waals surface area contributed by atoms with Crippen LogP contribution in [0, 0.1) is 0 Å². The minimum absolute atomic E-state index is 0.125. The molecule has 0 bridgehead atoms. The summed E-state index contributed by atoms with van der Waals surface area (Å²) in [6, 6.07) is 4.68. The van der Waals surface area contributed by atoms with Crippen LogP contribution in [0.3, 0.4) is 0 Å². The largest absolute Gasteiger partial charge is 0.395 e. The third kappa shape index (κ3) is 3.90. The summed E-state index contributed by atoms with van der Waals surface area (Å²) in [7, 11) is 0. The van der Waals surface area contributed by atoms with Gasteiger partial charge in [0.2, 0.25) is 0 Å². The fourth-order valence-corrected chi connectivity index (χ4v) is 1.98. The number of aliphatic hydroxyl groups excluding tert-OH is 1. The molecule has 0 unspecified atom stereocenters. The molecule has 0 aromatic heterocycles. The Labute approximate surface area is 116 Å². The Morgan fingerprint density at radius 1 is 1.50 bits per heavy atom. The number of aliphatic hydroxyl groups is 1. The van der Waals surface area contributed by atoms with Crippen LogP contribution < -0.4 is 0 Å². The first-order chi connectivity index (χ1) is 8.47. The molecule has 18 heavy (non-hydrogen) atoms.